The van der Waals surface area contributed by atoms with Gasteiger partial charge in [0.1, 0.15) is 19.0 Å². The van der Waals surface area contributed by atoms with Gasteiger partial charge in [-0.15, -0.1) is 0 Å². The fraction of sp³-hybridized carbons (Fsp3) is 0.222. The summed E-state index contributed by atoms with van der Waals surface area (Å²) in [7, 11) is 3.20. The van der Waals surface area contributed by atoms with Crippen molar-refractivity contribution in [2.45, 2.75) is 0 Å². The average Bonchev–Trinajstić information content (AvgIpc) is 2.67. The second-order valence-electron chi connectivity index (χ2n) is 5.30. The number of benzene rings is 2. The first kappa shape index (κ1) is 17.8. The van der Waals surface area contributed by atoms with Gasteiger partial charge in [0.2, 0.25) is 5.75 Å². The molecule has 1 aliphatic rings. The second-order valence-corrected chi connectivity index (χ2v) is 5.71. The lowest BCUT2D eigenvalue weighted by Gasteiger charge is -2.20. The van der Waals surface area contributed by atoms with Crippen molar-refractivity contribution in [2.75, 3.05) is 32.8 Å². The molecule has 136 valence electrons. The van der Waals surface area contributed by atoms with E-state index >= 15 is 0 Å². The lowest BCUT2D eigenvalue weighted by atomic mass is 10.2. The van der Waals surface area contributed by atoms with Crippen LogP contribution < -0.4 is 29.7 Å². The Morgan fingerprint density at radius 2 is 2.00 bits per heavy atom. The molecule has 1 aliphatic heterocycles. The van der Waals surface area contributed by atoms with Gasteiger partial charge in [0.15, 0.2) is 16.6 Å². The van der Waals surface area contributed by atoms with Gasteiger partial charge >= 0.3 is 0 Å². The van der Waals surface area contributed by atoms with E-state index < -0.39 is 0 Å². The van der Waals surface area contributed by atoms with E-state index in [1.165, 1.54) is 0 Å². The van der Waals surface area contributed by atoms with E-state index in [9.17, 15) is 0 Å². The Balaban J connectivity index is 1.63. The standard InChI is InChI=1S/C18H19N3O4S/c1-22-14-5-3-4-13(10-14)20-18(26)21-19-11-12-8-15(23-2)17-16(9-12)24-6-7-25-17/h3-5,8-11H,6-7H2,1-2H3,(H2,20,21,26)/b19-11-. The van der Waals surface area contributed by atoms with Crippen LogP contribution in [0, 0.1) is 0 Å². The molecule has 1 heterocycles. The first-order chi connectivity index (χ1) is 12.7. The van der Waals surface area contributed by atoms with Crippen molar-refractivity contribution in [3.05, 3.63) is 42.0 Å². The Morgan fingerprint density at radius 1 is 1.15 bits per heavy atom. The van der Waals surface area contributed by atoms with E-state index in [0.29, 0.717) is 35.6 Å². The summed E-state index contributed by atoms with van der Waals surface area (Å²) in [5.74, 6) is 2.58. The monoisotopic (exact) mass is 373 g/mol. The highest BCUT2D eigenvalue weighted by atomic mass is 32.1. The molecule has 0 amide bonds. The van der Waals surface area contributed by atoms with Gasteiger partial charge in [-0.25, -0.2) is 0 Å². The van der Waals surface area contributed by atoms with E-state index in [1.807, 2.05) is 36.4 Å². The number of nitrogens with zero attached hydrogens (tertiary/aromatic N) is 1. The minimum Gasteiger partial charge on any atom is -0.497 e. The molecule has 2 N–H and O–H groups in total. The molecule has 0 atom stereocenters. The summed E-state index contributed by atoms with van der Waals surface area (Å²) in [4.78, 5) is 0. The van der Waals surface area contributed by atoms with Gasteiger partial charge in [-0.05, 0) is 36.5 Å². The molecular formula is C18H19N3O4S. The van der Waals surface area contributed by atoms with Gasteiger partial charge < -0.3 is 24.3 Å². The predicted octanol–water partition coefficient (Wildman–Crippen LogP) is 2.80. The normalized spacial score (nSPS) is 12.5. The molecule has 0 radical (unpaired) electrons. The summed E-state index contributed by atoms with van der Waals surface area (Å²) in [6.07, 6.45) is 1.63. The van der Waals surface area contributed by atoms with E-state index in [4.69, 9.17) is 31.2 Å². The summed E-state index contributed by atoms with van der Waals surface area (Å²) in [6, 6.07) is 11.1. The molecule has 0 unspecified atom stereocenters. The lowest BCUT2D eigenvalue weighted by Crippen LogP contribution is -2.23. The summed E-state index contributed by atoms with van der Waals surface area (Å²) in [6.45, 7) is 1.01. The minimum atomic E-state index is 0.360. The highest BCUT2D eigenvalue weighted by Gasteiger charge is 2.17. The van der Waals surface area contributed by atoms with Crippen LogP contribution in [0.1, 0.15) is 5.56 Å². The van der Waals surface area contributed by atoms with E-state index in [0.717, 1.165) is 17.0 Å². The number of hydrogen-bond acceptors (Lipinski definition) is 6. The zero-order valence-corrected chi connectivity index (χ0v) is 15.3. The number of hydrogen-bond donors (Lipinski definition) is 2. The third-order valence-corrected chi connectivity index (χ3v) is 3.75. The Hall–Kier alpha value is -3.00. The topological polar surface area (TPSA) is 73.3 Å². The summed E-state index contributed by atoms with van der Waals surface area (Å²) in [5.41, 5.74) is 4.37. The van der Waals surface area contributed by atoms with Crippen molar-refractivity contribution in [3.8, 4) is 23.0 Å². The highest BCUT2D eigenvalue weighted by Crippen LogP contribution is 2.39. The number of ether oxygens (including phenoxy) is 4. The smallest absolute Gasteiger partial charge is 0.203 e. The van der Waals surface area contributed by atoms with Crippen LogP contribution in [0.3, 0.4) is 0 Å². The molecule has 2 aromatic rings. The number of methoxy groups -OCH3 is 2. The zero-order chi connectivity index (χ0) is 18.4. The highest BCUT2D eigenvalue weighted by molar-refractivity contribution is 7.80. The Labute approximate surface area is 156 Å². The van der Waals surface area contributed by atoms with Gasteiger partial charge in [0, 0.05) is 17.3 Å². The summed E-state index contributed by atoms with van der Waals surface area (Å²) < 4.78 is 21.7. The molecule has 0 saturated heterocycles. The third kappa shape index (κ3) is 4.34. The molecule has 0 spiro atoms. The molecule has 7 nitrogen and oxygen atoms in total. The van der Waals surface area contributed by atoms with Crippen LogP contribution >= 0.6 is 12.2 Å². The number of anilines is 1. The van der Waals surface area contributed by atoms with Crippen LogP contribution in [0.5, 0.6) is 23.0 Å². The largest absolute Gasteiger partial charge is 0.497 e. The molecule has 0 aliphatic carbocycles. The van der Waals surface area contributed by atoms with Crippen LogP contribution in [0.2, 0.25) is 0 Å². The van der Waals surface area contributed by atoms with Crippen LogP contribution in [0.25, 0.3) is 0 Å². The van der Waals surface area contributed by atoms with Crippen LogP contribution in [0.4, 0.5) is 5.69 Å². The summed E-state index contributed by atoms with van der Waals surface area (Å²) >= 11 is 5.23. The van der Waals surface area contributed by atoms with Crippen molar-refractivity contribution in [2.24, 2.45) is 5.10 Å². The lowest BCUT2D eigenvalue weighted by molar-refractivity contribution is 0.165. The van der Waals surface area contributed by atoms with Gasteiger partial charge in [-0.2, -0.15) is 5.10 Å². The quantitative estimate of drug-likeness (QED) is 0.474. The third-order valence-electron chi connectivity index (χ3n) is 3.56. The van der Waals surface area contributed by atoms with E-state index in [-0.39, 0.29) is 0 Å². The van der Waals surface area contributed by atoms with Crippen LogP contribution in [0.15, 0.2) is 41.5 Å². The average molecular weight is 373 g/mol. The van der Waals surface area contributed by atoms with Crippen molar-refractivity contribution < 1.29 is 18.9 Å². The number of rotatable bonds is 5. The van der Waals surface area contributed by atoms with E-state index in [1.54, 1.807) is 20.4 Å². The van der Waals surface area contributed by atoms with Gasteiger partial charge in [-0.3, -0.25) is 5.43 Å². The maximum atomic E-state index is 5.60. The molecule has 0 saturated carbocycles. The predicted molar refractivity (Wildman–Crippen MR) is 104 cm³/mol. The number of hydrazone groups is 1. The first-order valence-corrected chi connectivity index (χ1v) is 8.32. The van der Waals surface area contributed by atoms with Crippen LogP contribution in [-0.2, 0) is 0 Å². The number of fused-ring (bicyclic) bond motifs is 1. The van der Waals surface area contributed by atoms with Crippen molar-refractivity contribution in [1.82, 2.24) is 5.43 Å². The van der Waals surface area contributed by atoms with Gasteiger partial charge in [0.25, 0.3) is 0 Å². The van der Waals surface area contributed by atoms with Gasteiger partial charge in [0.05, 0.1) is 20.4 Å². The molecule has 0 bridgehead atoms. The zero-order valence-electron chi connectivity index (χ0n) is 14.4. The van der Waals surface area contributed by atoms with Crippen molar-refractivity contribution >= 4 is 29.2 Å². The molecule has 2 aromatic carbocycles. The molecule has 8 heteroatoms. The minimum absolute atomic E-state index is 0.360. The second kappa shape index (κ2) is 8.39. The first-order valence-electron chi connectivity index (χ1n) is 7.91. The molecular weight excluding hydrogens is 354 g/mol. The maximum absolute atomic E-state index is 5.60. The molecule has 0 aromatic heterocycles. The van der Waals surface area contributed by atoms with Gasteiger partial charge in [-0.1, -0.05) is 6.07 Å². The van der Waals surface area contributed by atoms with Crippen LogP contribution in [-0.4, -0.2) is 38.8 Å². The van der Waals surface area contributed by atoms with Crippen molar-refractivity contribution in [1.29, 1.82) is 0 Å². The Bertz CT molecular complexity index is 809. The molecule has 0 fully saturated rings. The fourth-order valence-electron chi connectivity index (χ4n) is 2.39. The maximum Gasteiger partial charge on any atom is 0.203 e. The molecule has 26 heavy (non-hydrogen) atoms. The molecule has 3 rings (SSSR count). The Kier molecular flexibility index (Phi) is 5.75. The van der Waals surface area contributed by atoms with Crippen molar-refractivity contribution in [3.63, 3.8) is 0 Å². The fourth-order valence-corrected chi connectivity index (χ4v) is 2.56. The SMILES string of the molecule is COc1cccc(NC(=S)N/N=C\c2cc(OC)c3c(c2)OCCO3)c1. The van der Waals surface area contributed by atoms with E-state index in [2.05, 4.69) is 15.8 Å². The summed E-state index contributed by atoms with van der Waals surface area (Å²) in [5, 5.41) is 7.54. The number of nitrogens with one attached hydrogen (secondary N) is 2. The number of thiocarbonyl (C=S) groups is 1. The Morgan fingerprint density at radius 3 is 2.81 bits per heavy atom.